The summed E-state index contributed by atoms with van der Waals surface area (Å²) in [4.78, 5) is 51.6. The topological polar surface area (TPSA) is 188 Å². The summed E-state index contributed by atoms with van der Waals surface area (Å²) in [6, 6.07) is 2.33. The van der Waals surface area contributed by atoms with Crippen molar-refractivity contribution in [3.05, 3.63) is 29.8 Å². The Kier molecular flexibility index (Phi) is 10.3. The van der Waals surface area contributed by atoms with E-state index in [1.807, 2.05) is 0 Å². The maximum absolute atomic E-state index is 13.0. The van der Waals surface area contributed by atoms with Crippen molar-refractivity contribution in [2.75, 3.05) is 13.1 Å². The van der Waals surface area contributed by atoms with Crippen LogP contribution < -0.4 is 22.1 Å². The van der Waals surface area contributed by atoms with E-state index in [-0.39, 0.29) is 24.5 Å². The Labute approximate surface area is 198 Å². The lowest BCUT2D eigenvalue weighted by Crippen LogP contribution is -2.56. The zero-order valence-corrected chi connectivity index (χ0v) is 19.4. The van der Waals surface area contributed by atoms with E-state index in [4.69, 9.17) is 11.5 Å². The molecule has 1 aliphatic heterocycles. The first-order valence-corrected chi connectivity index (χ1v) is 11.5. The minimum Gasteiger partial charge on any atom is -0.508 e. The van der Waals surface area contributed by atoms with Crippen molar-refractivity contribution in [3.63, 3.8) is 0 Å². The van der Waals surface area contributed by atoms with Gasteiger partial charge in [0, 0.05) is 13.0 Å². The average molecular weight is 478 g/mol. The minimum atomic E-state index is -1.23. The molecule has 188 valence electrons. The summed E-state index contributed by atoms with van der Waals surface area (Å²) < 4.78 is 0. The van der Waals surface area contributed by atoms with Gasteiger partial charge in [0.1, 0.15) is 23.9 Å². The first-order valence-electron chi connectivity index (χ1n) is 11.5. The van der Waals surface area contributed by atoms with Crippen molar-refractivity contribution in [1.29, 1.82) is 0 Å². The molecule has 1 saturated heterocycles. The van der Waals surface area contributed by atoms with E-state index in [2.05, 4.69) is 10.6 Å². The number of carbonyl (C=O) groups is 4. The summed E-state index contributed by atoms with van der Waals surface area (Å²) in [6.45, 7) is 2.38. The van der Waals surface area contributed by atoms with Crippen molar-refractivity contribution in [1.82, 2.24) is 15.5 Å². The Morgan fingerprint density at radius 2 is 1.79 bits per heavy atom. The predicted octanol–water partition coefficient (Wildman–Crippen LogP) is -0.544. The molecular weight excluding hydrogens is 442 g/mol. The van der Waals surface area contributed by atoms with Crippen LogP contribution in [0.25, 0.3) is 0 Å². The smallest absolute Gasteiger partial charge is 0.326 e. The van der Waals surface area contributed by atoms with Crippen LogP contribution in [0.1, 0.15) is 44.6 Å². The fraction of sp³-hybridized carbons (Fsp3) is 0.565. The Morgan fingerprint density at radius 1 is 1.12 bits per heavy atom. The summed E-state index contributed by atoms with van der Waals surface area (Å²) in [5.74, 6) is -2.60. The lowest BCUT2D eigenvalue weighted by atomic mass is 10.0. The second-order valence-electron chi connectivity index (χ2n) is 8.59. The second-order valence-corrected chi connectivity index (χ2v) is 8.59. The van der Waals surface area contributed by atoms with Crippen LogP contribution in [0.3, 0.4) is 0 Å². The molecular formula is C23H35N5O6. The van der Waals surface area contributed by atoms with Gasteiger partial charge < -0.3 is 37.2 Å². The molecule has 3 amide bonds. The van der Waals surface area contributed by atoms with Gasteiger partial charge in [0.2, 0.25) is 17.7 Å². The molecule has 11 heteroatoms. The Morgan fingerprint density at radius 3 is 2.38 bits per heavy atom. The number of phenolic OH excluding ortho intramolecular Hbond substituents is 1. The highest BCUT2D eigenvalue weighted by Crippen LogP contribution is 2.19. The molecule has 1 aliphatic rings. The summed E-state index contributed by atoms with van der Waals surface area (Å²) in [5, 5.41) is 24.2. The molecule has 4 unspecified atom stereocenters. The zero-order valence-electron chi connectivity index (χ0n) is 19.4. The Hall–Kier alpha value is -3.18. The number of unbranched alkanes of at least 4 members (excludes halogenated alkanes) is 1. The van der Waals surface area contributed by atoms with Crippen LogP contribution in [0, 0.1) is 0 Å². The number of phenols is 1. The monoisotopic (exact) mass is 477 g/mol. The van der Waals surface area contributed by atoms with Crippen LogP contribution in [0.15, 0.2) is 24.3 Å². The van der Waals surface area contributed by atoms with Gasteiger partial charge in [-0.3, -0.25) is 14.4 Å². The maximum Gasteiger partial charge on any atom is 0.326 e. The maximum atomic E-state index is 13.0. The molecule has 34 heavy (non-hydrogen) atoms. The molecule has 11 nitrogen and oxygen atoms in total. The third-order valence-corrected chi connectivity index (χ3v) is 5.80. The number of hydrogen-bond donors (Lipinski definition) is 6. The summed E-state index contributed by atoms with van der Waals surface area (Å²) in [6.07, 6.45) is 2.57. The first-order chi connectivity index (χ1) is 16.1. The van der Waals surface area contributed by atoms with Crippen LogP contribution >= 0.6 is 0 Å². The zero-order chi connectivity index (χ0) is 25.3. The van der Waals surface area contributed by atoms with Gasteiger partial charge in [0.15, 0.2) is 0 Å². The van der Waals surface area contributed by atoms with Gasteiger partial charge in [-0.2, -0.15) is 0 Å². The molecule has 1 heterocycles. The lowest BCUT2D eigenvalue weighted by Gasteiger charge is -2.28. The van der Waals surface area contributed by atoms with Gasteiger partial charge >= 0.3 is 5.97 Å². The van der Waals surface area contributed by atoms with Crippen molar-refractivity contribution < 1.29 is 29.4 Å². The van der Waals surface area contributed by atoms with Crippen LogP contribution in [0.5, 0.6) is 5.75 Å². The number of carboxylic acid groups (broad SMARTS) is 1. The number of benzene rings is 1. The normalized spacial score (nSPS) is 18.1. The number of nitrogens with zero attached hydrogens (tertiary/aromatic N) is 1. The highest BCUT2D eigenvalue weighted by molar-refractivity contribution is 5.94. The summed E-state index contributed by atoms with van der Waals surface area (Å²) in [7, 11) is 0. The second kappa shape index (κ2) is 12.9. The van der Waals surface area contributed by atoms with Crippen molar-refractivity contribution >= 4 is 23.7 Å². The van der Waals surface area contributed by atoms with E-state index < -0.39 is 42.0 Å². The minimum absolute atomic E-state index is 0.00408. The van der Waals surface area contributed by atoms with Crippen molar-refractivity contribution in [2.24, 2.45) is 11.5 Å². The van der Waals surface area contributed by atoms with Gasteiger partial charge in [-0.15, -0.1) is 0 Å². The average Bonchev–Trinajstić information content (AvgIpc) is 3.28. The molecule has 2 rings (SSSR count). The Balaban J connectivity index is 2.10. The van der Waals surface area contributed by atoms with E-state index in [9.17, 15) is 29.4 Å². The van der Waals surface area contributed by atoms with E-state index in [1.54, 1.807) is 19.1 Å². The van der Waals surface area contributed by atoms with E-state index in [1.165, 1.54) is 17.0 Å². The summed E-state index contributed by atoms with van der Waals surface area (Å²) in [5.41, 5.74) is 11.9. The SMILES string of the molecule is CC(N)C(=O)N1CCCC1C(=O)NC(CCCCN)C(=O)NC(Cc1ccc(O)cc1)C(=O)O. The highest BCUT2D eigenvalue weighted by atomic mass is 16.4. The highest BCUT2D eigenvalue weighted by Gasteiger charge is 2.37. The van der Waals surface area contributed by atoms with Crippen LogP contribution in [0.2, 0.25) is 0 Å². The number of nitrogens with one attached hydrogen (secondary N) is 2. The number of carbonyl (C=O) groups excluding carboxylic acids is 3. The fourth-order valence-corrected chi connectivity index (χ4v) is 3.93. The molecule has 0 radical (unpaired) electrons. The third kappa shape index (κ3) is 7.70. The number of aliphatic carboxylic acids is 1. The molecule has 1 fully saturated rings. The molecule has 1 aromatic rings. The van der Waals surface area contributed by atoms with E-state index in [0.29, 0.717) is 44.3 Å². The van der Waals surface area contributed by atoms with E-state index in [0.717, 1.165) is 0 Å². The van der Waals surface area contributed by atoms with Crippen LogP contribution in [-0.2, 0) is 25.6 Å². The molecule has 0 aliphatic carbocycles. The summed E-state index contributed by atoms with van der Waals surface area (Å²) >= 11 is 0. The molecule has 0 spiro atoms. The Bertz CT molecular complexity index is 860. The van der Waals surface area contributed by atoms with Gasteiger partial charge in [-0.25, -0.2) is 4.79 Å². The van der Waals surface area contributed by atoms with Gasteiger partial charge in [-0.1, -0.05) is 12.1 Å². The van der Waals surface area contributed by atoms with Crippen molar-refractivity contribution in [3.8, 4) is 5.75 Å². The first kappa shape index (κ1) is 27.1. The number of nitrogens with two attached hydrogens (primary N) is 2. The molecule has 0 bridgehead atoms. The molecule has 0 aromatic heterocycles. The largest absolute Gasteiger partial charge is 0.508 e. The standard InChI is InChI=1S/C23H35N5O6/c1-14(25)22(32)28-12-4-6-19(28)21(31)26-17(5-2-3-11-24)20(30)27-18(23(33)34)13-15-7-9-16(29)10-8-15/h7-10,14,17-19,29H,2-6,11-13,24-25H2,1H3,(H,26,31)(H,27,30)(H,33,34). The number of likely N-dealkylation sites (tertiary alicyclic amines) is 1. The molecule has 4 atom stereocenters. The number of amides is 3. The van der Waals surface area contributed by atoms with E-state index >= 15 is 0 Å². The fourth-order valence-electron chi connectivity index (χ4n) is 3.93. The molecule has 8 N–H and O–H groups in total. The lowest BCUT2D eigenvalue weighted by molar-refractivity contribution is -0.143. The number of rotatable bonds is 12. The molecule has 1 aromatic carbocycles. The van der Waals surface area contributed by atoms with Gasteiger partial charge in [0.05, 0.1) is 6.04 Å². The quantitative estimate of drug-likeness (QED) is 0.216. The van der Waals surface area contributed by atoms with Crippen LogP contribution in [0.4, 0.5) is 0 Å². The number of hydrogen-bond acceptors (Lipinski definition) is 7. The van der Waals surface area contributed by atoms with Crippen molar-refractivity contribution in [2.45, 2.75) is 69.6 Å². The third-order valence-electron chi connectivity index (χ3n) is 5.80. The number of carboxylic acids is 1. The predicted molar refractivity (Wildman–Crippen MR) is 125 cm³/mol. The number of aromatic hydroxyl groups is 1. The van der Waals surface area contributed by atoms with Gasteiger partial charge in [0.25, 0.3) is 0 Å². The molecule has 0 saturated carbocycles. The van der Waals surface area contributed by atoms with Gasteiger partial charge in [-0.05, 0) is 63.3 Å². The van der Waals surface area contributed by atoms with Crippen LogP contribution in [-0.4, -0.2) is 76.1 Å².